The molecule has 0 atom stereocenters. The van der Waals surface area contributed by atoms with E-state index in [2.05, 4.69) is 72.8 Å². The van der Waals surface area contributed by atoms with Crippen molar-refractivity contribution in [2.45, 2.75) is 6.42 Å². The molecule has 0 saturated carbocycles. The summed E-state index contributed by atoms with van der Waals surface area (Å²) in [6.45, 7) is 0. The van der Waals surface area contributed by atoms with Gasteiger partial charge in [-0.05, 0) is 42.0 Å². The van der Waals surface area contributed by atoms with Gasteiger partial charge >= 0.3 is 0 Å². The average Bonchev–Trinajstić information content (AvgIpc) is 2.80. The van der Waals surface area contributed by atoms with Crippen molar-refractivity contribution in [2.24, 2.45) is 0 Å². The fraction of sp³-hybridized carbons (Fsp3) is 0.0741. The van der Waals surface area contributed by atoms with Gasteiger partial charge in [0.2, 0.25) is 0 Å². The van der Waals surface area contributed by atoms with Crippen molar-refractivity contribution in [3.05, 3.63) is 127 Å². The third-order valence-corrected chi connectivity index (χ3v) is 9.61. The zero-order valence-corrected chi connectivity index (χ0v) is 19.7. The predicted molar refractivity (Wildman–Crippen MR) is 125 cm³/mol. The van der Waals surface area contributed by atoms with Crippen LogP contribution in [0, 0.1) is 0 Å². The largest absolute Gasteiger partial charge is 1.00 e. The van der Waals surface area contributed by atoms with Crippen LogP contribution in [0.15, 0.2) is 121 Å². The molecular formula is C27H24IOP. The molecular weight excluding hydrogens is 498 g/mol. The summed E-state index contributed by atoms with van der Waals surface area (Å²) in [5.41, 5.74) is 1.07. The Morgan fingerprint density at radius 2 is 0.867 bits per heavy atom. The standard InChI is InChI=1S/C27H24OP.HI/c28-24(21-23-13-5-1-6-14-23)22-29(25-15-7-2-8-16-25,26-17-9-3-10-18-26)27-19-11-4-12-20-27;/h1-20H,21-22H2;1H/q+1;/p-1. The Morgan fingerprint density at radius 1 is 0.533 bits per heavy atom. The number of carbonyl (C=O) groups excluding carboxylic acids is 1. The number of hydrogen-bond donors (Lipinski definition) is 0. The van der Waals surface area contributed by atoms with Crippen molar-refractivity contribution in [2.75, 3.05) is 6.16 Å². The summed E-state index contributed by atoms with van der Waals surface area (Å²) in [4.78, 5) is 13.4. The molecule has 0 N–H and O–H groups in total. The van der Waals surface area contributed by atoms with Gasteiger partial charge in [-0.15, -0.1) is 0 Å². The summed E-state index contributed by atoms with van der Waals surface area (Å²) in [6.07, 6.45) is 0.995. The molecule has 0 saturated heterocycles. The van der Waals surface area contributed by atoms with Crippen molar-refractivity contribution in [3.8, 4) is 0 Å². The third-order valence-electron chi connectivity index (χ3n) is 5.25. The maximum atomic E-state index is 13.4. The van der Waals surface area contributed by atoms with E-state index in [1.165, 1.54) is 15.9 Å². The van der Waals surface area contributed by atoms with Gasteiger partial charge in [-0.2, -0.15) is 0 Å². The van der Waals surface area contributed by atoms with E-state index in [1.54, 1.807) is 0 Å². The fourth-order valence-corrected chi connectivity index (χ4v) is 8.04. The van der Waals surface area contributed by atoms with Crippen LogP contribution in [0.5, 0.6) is 0 Å². The third kappa shape index (κ3) is 4.88. The Balaban J connectivity index is 0.00000256. The first-order valence-electron chi connectivity index (χ1n) is 9.89. The van der Waals surface area contributed by atoms with Crippen molar-refractivity contribution >= 4 is 29.0 Å². The Kier molecular flexibility index (Phi) is 7.95. The molecule has 30 heavy (non-hydrogen) atoms. The van der Waals surface area contributed by atoms with Crippen LogP contribution in [0.2, 0.25) is 0 Å². The first kappa shape index (κ1) is 22.4. The highest BCUT2D eigenvalue weighted by atomic mass is 127. The van der Waals surface area contributed by atoms with Crippen molar-refractivity contribution in [1.82, 2.24) is 0 Å². The molecule has 0 fully saturated rings. The maximum Gasteiger partial charge on any atom is 0.175 e. The second kappa shape index (κ2) is 10.7. The summed E-state index contributed by atoms with van der Waals surface area (Å²) >= 11 is 0. The van der Waals surface area contributed by atoms with Gasteiger partial charge < -0.3 is 24.0 Å². The Morgan fingerprint density at radius 3 is 1.23 bits per heavy atom. The van der Waals surface area contributed by atoms with Crippen molar-refractivity contribution in [1.29, 1.82) is 0 Å². The zero-order chi connectivity index (χ0) is 19.9. The summed E-state index contributed by atoms with van der Waals surface area (Å²) in [6, 6.07) is 41.8. The zero-order valence-electron chi connectivity index (χ0n) is 16.7. The van der Waals surface area contributed by atoms with Crippen molar-refractivity contribution < 1.29 is 28.8 Å². The highest BCUT2D eigenvalue weighted by Crippen LogP contribution is 2.55. The van der Waals surface area contributed by atoms with Crippen LogP contribution in [-0.4, -0.2) is 11.9 Å². The molecule has 0 radical (unpaired) electrons. The number of benzene rings is 4. The molecule has 0 aromatic heterocycles. The molecule has 4 rings (SSSR count). The summed E-state index contributed by atoms with van der Waals surface area (Å²) < 4.78 is 0. The molecule has 0 aliphatic carbocycles. The van der Waals surface area contributed by atoms with Gasteiger partial charge in [0.05, 0.1) is 0 Å². The van der Waals surface area contributed by atoms with E-state index in [1.807, 2.05) is 48.5 Å². The molecule has 0 amide bonds. The quantitative estimate of drug-likeness (QED) is 0.268. The van der Waals surface area contributed by atoms with Crippen LogP contribution >= 0.6 is 7.26 Å². The number of hydrogen-bond acceptors (Lipinski definition) is 1. The number of ketones is 1. The summed E-state index contributed by atoms with van der Waals surface area (Å²) in [5.74, 6) is 0.279. The first-order chi connectivity index (χ1) is 14.3. The fourth-order valence-electron chi connectivity index (χ4n) is 3.91. The highest BCUT2D eigenvalue weighted by Gasteiger charge is 2.46. The van der Waals surface area contributed by atoms with Crippen LogP contribution in [0.4, 0.5) is 0 Å². The lowest BCUT2D eigenvalue weighted by atomic mass is 10.1. The SMILES string of the molecule is O=C(Cc1ccccc1)C[P+](c1ccccc1)(c1ccccc1)c1ccccc1.[I-]. The molecule has 1 nitrogen and oxygen atoms in total. The van der Waals surface area contributed by atoms with Crippen molar-refractivity contribution in [3.63, 3.8) is 0 Å². The molecule has 0 bridgehead atoms. The molecule has 0 aliphatic rings. The number of halogens is 1. The van der Waals surface area contributed by atoms with Gasteiger partial charge in [0.25, 0.3) is 0 Å². The Labute approximate surface area is 196 Å². The van der Waals surface area contributed by atoms with Gasteiger partial charge in [0, 0.05) is 6.42 Å². The van der Waals surface area contributed by atoms with E-state index in [9.17, 15) is 4.79 Å². The van der Waals surface area contributed by atoms with E-state index < -0.39 is 7.26 Å². The lowest BCUT2D eigenvalue weighted by Crippen LogP contribution is -3.00. The number of Topliss-reactive ketones (excluding diaryl/α,β-unsaturated/α-hetero) is 1. The van der Waals surface area contributed by atoms with Gasteiger partial charge in [-0.1, -0.05) is 84.9 Å². The second-order valence-electron chi connectivity index (χ2n) is 7.18. The Hall–Kier alpha value is -2.29. The van der Waals surface area contributed by atoms with E-state index in [4.69, 9.17) is 0 Å². The van der Waals surface area contributed by atoms with E-state index in [0.29, 0.717) is 12.6 Å². The molecule has 0 heterocycles. The Bertz CT molecular complexity index is 954. The topological polar surface area (TPSA) is 17.1 Å². The van der Waals surface area contributed by atoms with Gasteiger partial charge in [-0.3, -0.25) is 4.79 Å². The molecule has 4 aromatic carbocycles. The van der Waals surface area contributed by atoms with E-state index in [0.717, 1.165) is 5.56 Å². The van der Waals surface area contributed by atoms with Crippen LogP contribution in [-0.2, 0) is 11.2 Å². The summed E-state index contributed by atoms with van der Waals surface area (Å²) in [5, 5.41) is 3.75. The van der Waals surface area contributed by atoms with Gasteiger partial charge in [0.1, 0.15) is 29.3 Å². The lowest BCUT2D eigenvalue weighted by molar-refractivity contribution is -0.116. The molecule has 0 spiro atoms. The molecule has 0 unspecified atom stereocenters. The minimum atomic E-state index is -2.10. The smallest absolute Gasteiger partial charge is 0.175 e. The van der Waals surface area contributed by atoms with E-state index in [-0.39, 0.29) is 29.8 Å². The minimum Gasteiger partial charge on any atom is -1.00 e. The molecule has 150 valence electrons. The average molecular weight is 522 g/mol. The van der Waals surface area contributed by atoms with E-state index >= 15 is 0 Å². The van der Waals surface area contributed by atoms with Crippen LogP contribution in [0.1, 0.15) is 5.56 Å². The minimum absolute atomic E-state index is 0. The normalized spacial score (nSPS) is 10.8. The molecule has 0 aliphatic heterocycles. The molecule has 3 heteroatoms. The van der Waals surface area contributed by atoms with Crippen LogP contribution < -0.4 is 39.9 Å². The monoisotopic (exact) mass is 522 g/mol. The highest BCUT2D eigenvalue weighted by molar-refractivity contribution is 7.96. The summed E-state index contributed by atoms with van der Waals surface area (Å²) in [7, 11) is -2.10. The van der Waals surface area contributed by atoms with Gasteiger partial charge in [-0.25, -0.2) is 0 Å². The van der Waals surface area contributed by atoms with Crippen LogP contribution in [0.25, 0.3) is 0 Å². The lowest BCUT2D eigenvalue weighted by Gasteiger charge is -2.27. The second-order valence-corrected chi connectivity index (χ2v) is 10.7. The van der Waals surface area contributed by atoms with Gasteiger partial charge in [0.15, 0.2) is 5.78 Å². The first-order valence-corrected chi connectivity index (χ1v) is 11.9. The number of carbonyl (C=O) groups is 1. The predicted octanol–water partition coefficient (Wildman–Crippen LogP) is 1.80. The number of rotatable bonds is 7. The van der Waals surface area contributed by atoms with Crippen LogP contribution in [0.3, 0.4) is 0 Å². The maximum absolute atomic E-state index is 13.4. The molecule has 4 aromatic rings.